The van der Waals surface area contributed by atoms with E-state index < -0.39 is 0 Å². The van der Waals surface area contributed by atoms with Crippen molar-refractivity contribution in [3.05, 3.63) is 89.0 Å². The number of phenolic OH excluding ortho intramolecular Hbond substituents is 1. The summed E-state index contributed by atoms with van der Waals surface area (Å²) in [6.45, 7) is 11.9. The Hall–Kier alpha value is -2.98. The van der Waals surface area contributed by atoms with E-state index in [0.29, 0.717) is 5.75 Å². The quantitative estimate of drug-likeness (QED) is 0.351. The molecule has 0 aromatic heterocycles. The van der Waals surface area contributed by atoms with Gasteiger partial charge in [-0.15, -0.1) is 0 Å². The third kappa shape index (κ3) is 8.82. The van der Waals surface area contributed by atoms with E-state index in [0.717, 1.165) is 38.2 Å². The molecule has 1 N–H and O–H groups in total. The molecule has 0 bridgehead atoms. The van der Waals surface area contributed by atoms with E-state index in [1.807, 2.05) is 24.3 Å². The molecule has 3 aromatic carbocycles. The lowest BCUT2D eigenvalue weighted by Gasteiger charge is -2.31. The van der Waals surface area contributed by atoms with Crippen molar-refractivity contribution in [3.63, 3.8) is 0 Å². The van der Waals surface area contributed by atoms with Gasteiger partial charge in [-0.05, 0) is 113 Å². The first kappa shape index (κ1) is 28.6. The summed E-state index contributed by atoms with van der Waals surface area (Å²) in [4.78, 5) is 4.77. The average molecular weight is 503 g/mol. The molecule has 0 fully saturated rings. The number of rotatable bonds is 8. The molecule has 0 saturated heterocycles. The van der Waals surface area contributed by atoms with Crippen molar-refractivity contribution < 1.29 is 9.84 Å². The highest BCUT2D eigenvalue weighted by atomic mass is 16.5. The molecule has 1 aliphatic rings. The van der Waals surface area contributed by atoms with Gasteiger partial charge in [-0.2, -0.15) is 0 Å². The van der Waals surface area contributed by atoms with Gasteiger partial charge in [0.1, 0.15) is 11.5 Å². The summed E-state index contributed by atoms with van der Waals surface area (Å²) < 4.78 is 5.35. The minimum atomic E-state index is 0.221. The molecule has 0 aliphatic heterocycles. The van der Waals surface area contributed by atoms with E-state index in [4.69, 9.17) is 4.74 Å². The predicted molar refractivity (Wildman–Crippen MR) is 157 cm³/mol. The van der Waals surface area contributed by atoms with Crippen LogP contribution >= 0.6 is 0 Å². The first-order valence-electron chi connectivity index (χ1n) is 13.7. The Morgan fingerprint density at radius 1 is 0.865 bits per heavy atom. The van der Waals surface area contributed by atoms with Crippen molar-refractivity contribution in [2.24, 2.45) is 0 Å². The minimum absolute atomic E-state index is 0.221. The van der Waals surface area contributed by atoms with E-state index in [1.165, 1.54) is 47.2 Å². The van der Waals surface area contributed by atoms with E-state index in [2.05, 4.69) is 80.9 Å². The number of likely N-dealkylation sites (N-methyl/N-ethyl adjacent to an activating group) is 1. The first-order valence-corrected chi connectivity index (χ1v) is 13.7. The Kier molecular flexibility index (Phi) is 10.5. The van der Waals surface area contributed by atoms with Crippen molar-refractivity contribution >= 4 is 5.69 Å². The second kappa shape index (κ2) is 13.5. The maximum absolute atomic E-state index is 9.19. The van der Waals surface area contributed by atoms with Crippen molar-refractivity contribution in [2.45, 2.75) is 71.9 Å². The summed E-state index contributed by atoms with van der Waals surface area (Å²) >= 11 is 0. The van der Waals surface area contributed by atoms with Crippen LogP contribution in [0.25, 0.3) is 0 Å². The van der Waals surface area contributed by atoms with Gasteiger partial charge in [-0.3, -0.25) is 0 Å². The third-order valence-corrected chi connectivity index (χ3v) is 7.41. The van der Waals surface area contributed by atoms with Crippen LogP contribution in [-0.4, -0.2) is 42.8 Å². The second-order valence-corrected chi connectivity index (χ2v) is 11.0. The Labute approximate surface area is 224 Å². The lowest BCUT2D eigenvalue weighted by molar-refractivity contribution is 0.178. The summed E-state index contributed by atoms with van der Waals surface area (Å²) in [5.74, 6) is 1.31. The van der Waals surface area contributed by atoms with Gasteiger partial charge in [0.05, 0.1) is 7.11 Å². The number of anilines is 1. The van der Waals surface area contributed by atoms with Gasteiger partial charge in [0.2, 0.25) is 0 Å². The molecule has 37 heavy (non-hydrogen) atoms. The second-order valence-electron chi connectivity index (χ2n) is 11.0. The molecule has 0 radical (unpaired) electrons. The number of nitrogens with zero attached hydrogens (tertiary/aromatic N) is 2. The molecule has 200 valence electrons. The van der Waals surface area contributed by atoms with Crippen LogP contribution in [0.15, 0.2) is 66.7 Å². The fourth-order valence-corrected chi connectivity index (χ4v) is 4.58. The van der Waals surface area contributed by atoms with Gasteiger partial charge in [0, 0.05) is 36.9 Å². The normalized spacial score (nSPS) is 12.9. The summed E-state index contributed by atoms with van der Waals surface area (Å²) in [5, 5.41) is 9.19. The maximum atomic E-state index is 9.19. The number of hydrogen-bond donors (Lipinski definition) is 1. The van der Waals surface area contributed by atoms with Gasteiger partial charge < -0.3 is 19.6 Å². The highest BCUT2D eigenvalue weighted by Gasteiger charge is 2.16. The van der Waals surface area contributed by atoms with Crippen LogP contribution in [-0.2, 0) is 25.8 Å². The van der Waals surface area contributed by atoms with Crippen molar-refractivity contribution in [3.8, 4) is 11.5 Å². The summed E-state index contributed by atoms with van der Waals surface area (Å²) in [6, 6.07) is 23.1. The zero-order valence-corrected chi connectivity index (χ0v) is 23.8. The van der Waals surface area contributed by atoms with E-state index >= 15 is 0 Å². The number of aromatic hydroxyl groups is 1. The number of methoxy groups -OCH3 is 1. The van der Waals surface area contributed by atoms with Crippen LogP contribution in [0.4, 0.5) is 5.69 Å². The lowest BCUT2D eigenvalue weighted by atomic mass is 9.92. The average Bonchev–Trinajstić information content (AvgIpc) is 2.90. The number of benzene rings is 3. The van der Waals surface area contributed by atoms with Gasteiger partial charge in [0.25, 0.3) is 0 Å². The van der Waals surface area contributed by atoms with Gasteiger partial charge in [0.15, 0.2) is 0 Å². The zero-order valence-electron chi connectivity index (χ0n) is 23.8. The molecule has 0 atom stereocenters. The Morgan fingerprint density at radius 3 is 2.19 bits per heavy atom. The molecule has 1 aliphatic carbocycles. The summed E-state index contributed by atoms with van der Waals surface area (Å²) in [7, 11) is 3.91. The fourth-order valence-electron chi connectivity index (χ4n) is 4.58. The van der Waals surface area contributed by atoms with Gasteiger partial charge >= 0.3 is 0 Å². The van der Waals surface area contributed by atoms with Crippen LogP contribution in [0, 0.1) is 0 Å². The molecule has 4 rings (SSSR count). The Morgan fingerprint density at radius 2 is 1.54 bits per heavy atom. The first-order chi connectivity index (χ1) is 17.7. The van der Waals surface area contributed by atoms with E-state index in [-0.39, 0.29) is 5.54 Å². The maximum Gasteiger partial charge on any atom is 0.120 e. The highest BCUT2D eigenvalue weighted by Crippen LogP contribution is 2.25. The standard InChI is InChI=1S/C23H34N2O.C10H12O/c1-7-25(21-9-8-10-22(17-21)26-6)18-20-13-11-19(12-14-20)15-16-24(5)23(2,3)4;11-10-6-5-8-3-1-2-4-9(8)7-10/h8-14,17H,7,15-16,18H2,1-6H3;5-7,11H,1-4H2. The van der Waals surface area contributed by atoms with Crippen molar-refractivity contribution in [2.75, 3.05) is 32.1 Å². The molecule has 0 spiro atoms. The van der Waals surface area contributed by atoms with Crippen LogP contribution < -0.4 is 9.64 Å². The van der Waals surface area contributed by atoms with E-state index in [9.17, 15) is 5.11 Å². The molecule has 0 heterocycles. The molecule has 0 unspecified atom stereocenters. The Bertz CT molecular complexity index is 1100. The lowest BCUT2D eigenvalue weighted by Crippen LogP contribution is -2.39. The number of fused-ring (bicyclic) bond motifs is 1. The topological polar surface area (TPSA) is 35.9 Å². The van der Waals surface area contributed by atoms with Crippen LogP contribution in [0.5, 0.6) is 11.5 Å². The van der Waals surface area contributed by atoms with Crippen LogP contribution in [0.3, 0.4) is 0 Å². The van der Waals surface area contributed by atoms with Crippen molar-refractivity contribution in [1.29, 1.82) is 0 Å². The molecule has 4 nitrogen and oxygen atoms in total. The van der Waals surface area contributed by atoms with Crippen LogP contribution in [0.2, 0.25) is 0 Å². The monoisotopic (exact) mass is 502 g/mol. The molecular weight excluding hydrogens is 456 g/mol. The Balaban J connectivity index is 0.000000284. The largest absolute Gasteiger partial charge is 0.508 e. The zero-order chi connectivity index (χ0) is 26.8. The highest BCUT2D eigenvalue weighted by molar-refractivity contribution is 5.51. The third-order valence-electron chi connectivity index (χ3n) is 7.41. The molecule has 4 heteroatoms. The van der Waals surface area contributed by atoms with Crippen LogP contribution in [0.1, 0.15) is 62.8 Å². The number of aryl methyl sites for hydroxylation is 2. The summed E-state index contributed by atoms with van der Waals surface area (Å²) in [5.41, 5.74) is 6.92. The van der Waals surface area contributed by atoms with E-state index in [1.54, 1.807) is 13.2 Å². The predicted octanol–water partition coefficient (Wildman–Crippen LogP) is 7.27. The van der Waals surface area contributed by atoms with Crippen molar-refractivity contribution in [1.82, 2.24) is 4.90 Å². The number of ether oxygens (including phenoxy) is 1. The minimum Gasteiger partial charge on any atom is -0.508 e. The molecule has 0 saturated carbocycles. The smallest absolute Gasteiger partial charge is 0.120 e. The summed E-state index contributed by atoms with van der Waals surface area (Å²) in [6.07, 6.45) is 6.00. The molecular formula is C33H46N2O2. The number of phenols is 1. The van der Waals surface area contributed by atoms with Gasteiger partial charge in [-0.25, -0.2) is 0 Å². The van der Waals surface area contributed by atoms with Gasteiger partial charge in [-0.1, -0.05) is 36.4 Å². The molecule has 0 amide bonds. The fraction of sp³-hybridized carbons (Fsp3) is 0.455. The SMILES string of the molecule is CCN(Cc1ccc(CCN(C)C(C)(C)C)cc1)c1cccc(OC)c1.Oc1ccc2c(c1)CCCC2. The molecule has 3 aromatic rings. The number of hydrogen-bond acceptors (Lipinski definition) is 4.